The van der Waals surface area contributed by atoms with Crippen molar-refractivity contribution in [2.75, 3.05) is 39.3 Å². The number of benzene rings is 1. The number of aromatic nitrogens is 1. The number of carbonyl (C=O) groups is 1. The van der Waals surface area contributed by atoms with Gasteiger partial charge < -0.3 is 20.0 Å². The van der Waals surface area contributed by atoms with Crippen molar-refractivity contribution in [1.29, 1.82) is 0 Å². The van der Waals surface area contributed by atoms with Gasteiger partial charge in [-0.2, -0.15) is 0 Å². The molecule has 162 valence electrons. The van der Waals surface area contributed by atoms with Gasteiger partial charge in [0.1, 0.15) is 11.6 Å². The first-order valence-electron chi connectivity index (χ1n) is 9.22. The number of aryl methyl sites for hydroxylation is 1. The molecular formula is C19H26Cl2F2N4O2. The minimum Gasteiger partial charge on any atom is -0.441 e. The van der Waals surface area contributed by atoms with Crippen molar-refractivity contribution in [3.63, 3.8) is 0 Å². The quantitative estimate of drug-likeness (QED) is 0.605. The normalized spacial score (nSPS) is 14.0. The van der Waals surface area contributed by atoms with E-state index in [1.54, 1.807) is 0 Å². The van der Waals surface area contributed by atoms with E-state index < -0.39 is 11.6 Å². The number of rotatable bonds is 8. The fourth-order valence-corrected chi connectivity index (χ4v) is 3.01. The van der Waals surface area contributed by atoms with Crippen LogP contribution in [-0.2, 0) is 11.2 Å². The van der Waals surface area contributed by atoms with Crippen molar-refractivity contribution in [3.8, 4) is 11.3 Å². The van der Waals surface area contributed by atoms with E-state index in [0.29, 0.717) is 18.9 Å². The summed E-state index contributed by atoms with van der Waals surface area (Å²) in [6, 6.07) is 3.26. The number of carbonyl (C=O) groups excluding carboxylic acids is 1. The number of hydrogen-bond acceptors (Lipinski definition) is 5. The average Bonchev–Trinajstić information content (AvgIpc) is 3.13. The molecular weight excluding hydrogens is 425 g/mol. The van der Waals surface area contributed by atoms with E-state index in [1.165, 1.54) is 12.3 Å². The molecule has 3 rings (SSSR count). The summed E-state index contributed by atoms with van der Waals surface area (Å²) < 4.78 is 32.2. The van der Waals surface area contributed by atoms with Crippen molar-refractivity contribution < 1.29 is 18.0 Å². The first kappa shape index (κ1) is 25.3. The Balaban J connectivity index is 0.00000210. The highest BCUT2D eigenvalue weighted by atomic mass is 35.5. The summed E-state index contributed by atoms with van der Waals surface area (Å²) in [4.78, 5) is 18.4. The van der Waals surface area contributed by atoms with Gasteiger partial charge in [0.2, 0.25) is 5.91 Å². The van der Waals surface area contributed by atoms with Crippen LogP contribution in [0.15, 0.2) is 28.8 Å². The summed E-state index contributed by atoms with van der Waals surface area (Å²) >= 11 is 0. The molecule has 1 aromatic heterocycles. The van der Waals surface area contributed by atoms with Gasteiger partial charge >= 0.3 is 0 Å². The van der Waals surface area contributed by atoms with E-state index in [2.05, 4.69) is 20.5 Å². The largest absolute Gasteiger partial charge is 0.441 e. The SMILES string of the molecule is Cl.Cl.O=C(CCc1ncc(-c2ccc(F)cc2F)o1)NCCCN1CCNCC1. The van der Waals surface area contributed by atoms with Crippen LogP contribution < -0.4 is 10.6 Å². The second kappa shape index (κ2) is 12.7. The molecule has 2 N–H and O–H groups in total. The highest BCUT2D eigenvalue weighted by molar-refractivity contribution is 5.85. The van der Waals surface area contributed by atoms with E-state index in [9.17, 15) is 13.6 Å². The molecule has 0 atom stereocenters. The fourth-order valence-electron chi connectivity index (χ4n) is 3.01. The second-order valence-corrected chi connectivity index (χ2v) is 6.54. The summed E-state index contributed by atoms with van der Waals surface area (Å²) in [5.41, 5.74) is 0.146. The Morgan fingerprint density at radius 3 is 2.72 bits per heavy atom. The van der Waals surface area contributed by atoms with E-state index in [0.717, 1.165) is 51.3 Å². The smallest absolute Gasteiger partial charge is 0.220 e. The van der Waals surface area contributed by atoms with Crippen LogP contribution in [0, 0.1) is 11.6 Å². The topological polar surface area (TPSA) is 70.4 Å². The zero-order valence-corrected chi connectivity index (χ0v) is 17.6. The third-order valence-electron chi connectivity index (χ3n) is 4.50. The monoisotopic (exact) mass is 450 g/mol. The molecule has 0 unspecified atom stereocenters. The van der Waals surface area contributed by atoms with Crippen molar-refractivity contribution in [3.05, 3.63) is 41.9 Å². The average molecular weight is 451 g/mol. The number of halogens is 4. The molecule has 1 fully saturated rings. The van der Waals surface area contributed by atoms with Gasteiger partial charge in [0, 0.05) is 51.6 Å². The molecule has 1 aliphatic heterocycles. The standard InChI is InChI=1S/C19H24F2N4O2.2ClH/c20-14-2-3-15(16(21)12-14)17-13-24-19(27-17)5-4-18(26)23-6-1-9-25-10-7-22-8-11-25;;/h2-3,12-13,22H,1,4-11H2,(H,23,26);2*1H. The number of hydrogen-bond donors (Lipinski definition) is 2. The molecule has 2 heterocycles. The minimum absolute atomic E-state index is 0. The molecule has 2 aromatic rings. The number of nitrogens with zero attached hydrogens (tertiary/aromatic N) is 2. The van der Waals surface area contributed by atoms with Crippen LogP contribution in [-0.4, -0.2) is 55.1 Å². The van der Waals surface area contributed by atoms with Gasteiger partial charge in [0.05, 0.1) is 11.8 Å². The predicted octanol–water partition coefficient (Wildman–Crippen LogP) is 2.81. The first-order valence-corrected chi connectivity index (χ1v) is 9.22. The van der Waals surface area contributed by atoms with Gasteiger partial charge in [-0.25, -0.2) is 13.8 Å². The summed E-state index contributed by atoms with van der Waals surface area (Å²) in [5.74, 6) is -0.851. The molecule has 1 aliphatic rings. The third-order valence-corrected chi connectivity index (χ3v) is 4.50. The van der Waals surface area contributed by atoms with Crippen LogP contribution in [0.3, 0.4) is 0 Å². The molecule has 0 spiro atoms. The van der Waals surface area contributed by atoms with E-state index in [1.807, 2.05) is 0 Å². The lowest BCUT2D eigenvalue weighted by Gasteiger charge is -2.27. The zero-order chi connectivity index (χ0) is 19.1. The lowest BCUT2D eigenvalue weighted by atomic mass is 10.2. The van der Waals surface area contributed by atoms with Crippen LogP contribution in [0.2, 0.25) is 0 Å². The van der Waals surface area contributed by atoms with E-state index >= 15 is 0 Å². The maximum Gasteiger partial charge on any atom is 0.220 e. The Morgan fingerprint density at radius 1 is 1.24 bits per heavy atom. The Labute approximate surface area is 181 Å². The second-order valence-electron chi connectivity index (χ2n) is 6.54. The van der Waals surface area contributed by atoms with Gasteiger partial charge in [-0.3, -0.25) is 4.79 Å². The summed E-state index contributed by atoms with van der Waals surface area (Å²) in [5, 5.41) is 6.20. The summed E-state index contributed by atoms with van der Waals surface area (Å²) in [7, 11) is 0. The van der Waals surface area contributed by atoms with Gasteiger partial charge in [0.25, 0.3) is 0 Å². The molecule has 0 radical (unpaired) electrons. The van der Waals surface area contributed by atoms with Gasteiger partial charge in [-0.1, -0.05) is 0 Å². The predicted molar refractivity (Wildman–Crippen MR) is 112 cm³/mol. The van der Waals surface area contributed by atoms with E-state index in [-0.39, 0.29) is 48.5 Å². The summed E-state index contributed by atoms with van der Waals surface area (Å²) in [6.07, 6.45) is 2.88. The molecule has 0 aliphatic carbocycles. The number of amides is 1. The Bertz CT molecular complexity index is 770. The molecule has 1 aromatic carbocycles. The molecule has 0 bridgehead atoms. The molecule has 0 saturated carbocycles. The summed E-state index contributed by atoms with van der Waals surface area (Å²) in [6.45, 7) is 5.76. The molecule has 6 nitrogen and oxygen atoms in total. The molecule has 1 saturated heterocycles. The van der Waals surface area contributed by atoms with Crippen molar-refractivity contribution in [2.45, 2.75) is 19.3 Å². The van der Waals surface area contributed by atoms with Crippen LogP contribution in [0.25, 0.3) is 11.3 Å². The van der Waals surface area contributed by atoms with Crippen molar-refractivity contribution in [2.24, 2.45) is 0 Å². The molecule has 1 amide bonds. The van der Waals surface area contributed by atoms with Gasteiger partial charge in [-0.05, 0) is 25.1 Å². The van der Waals surface area contributed by atoms with Crippen molar-refractivity contribution in [1.82, 2.24) is 20.5 Å². The Morgan fingerprint density at radius 2 is 2.00 bits per heavy atom. The number of nitrogens with one attached hydrogen (secondary N) is 2. The zero-order valence-electron chi connectivity index (χ0n) is 16.0. The Kier molecular flexibility index (Phi) is 11.1. The Hall–Kier alpha value is -1.74. The lowest BCUT2D eigenvalue weighted by Crippen LogP contribution is -2.44. The number of oxazole rings is 1. The third kappa shape index (κ3) is 7.89. The van der Waals surface area contributed by atoms with Crippen LogP contribution >= 0.6 is 24.8 Å². The van der Waals surface area contributed by atoms with Gasteiger partial charge in [-0.15, -0.1) is 24.8 Å². The van der Waals surface area contributed by atoms with Crippen LogP contribution in [0.1, 0.15) is 18.7 Å². The minimum atomic E-state index is -0.708. The highest BCUT2D eigenvalue weighted by Gasteiger charge is 2.13. The lowest BCUT2D eigenvalue weighted by molar-refractivity contribution is -0.121. The molecule has 10 heteroatoms. The molecule has 29 heavy (non-hydrogen) atoms. The van der Waals surface area contributed by atoms with Gasteiger partial charge in [0.15, 0.2) is 11.7 Å². The van der Waals surface area contributed by atoms with Crippen molar-refractivity contribution >= 4 is 30.7 Å². The van der Waals surface area contributed by atoms with Crippen LogP contribution in [0.4, 0.5) is 8.78 Å². The fraction of sp³-hybridized carbons (Fsp3) is 0.474. The van der Waals surface area contributed by atoms with Crippen LogP contribution in [0.5, 0.6) is 0 Å². The maximum atomic E-state index is 13.8. The number of piperazine rings is 1. The first-order chi connectivity index (χ1) is 13.1. The highest BCUT2D eigenvalue weighted by Crippen LogP contribution is 2.24. The maximum absolute atomic E-state index is 13.8. The van der Waals surface area contributed by atoms with E-state index in [4.69, 9.17) is 4.42 Å².